The standard InChI is InChI=1S/C10H17N3O2/c1-12-9(14)7-13(10(12)15)6-8-4-2-3-5-11-8/h8,11H,2-7H2,1H3. The maximum atomic E-state index is 11.6. The number of carbonyl (C=O) groups excluding carboxylic acids is 2. The van der Waals surface area contributed by atoms with Crippen LogP contribution in [0.5, 0.6) is 0 Å². The molecule has 2 heterocycles. The van der Waals surface area contributed by atoms with Crippen LogP contribution in [0.25, 0.3) is 0 Å². The molecule has 2 fully saturated rings. The zero-order valence-corrected chi connectivity index (χ0v) is 9.03. The van der Waals surface area contributed by atoms with Gasteiger partial charge in [0.25, 0.3) is 0 Å². The number of hydrogen-bond acceptors (Lipinski definition) is 3. The van der Waals surface area contributed by atoms with Gasteiger partial charge in [-0.1, -0.05) is 6.42 Å². The van der Waals surface area contributed by atoms with E-state index >= 15 is 0 Å². The molecule has 1 N–H and O–H groups in total. The van der Waals surface area contributed by atoms with Crippen molar-refractivity contribution in [3.05, 3.63) is 0 Å². The van der Waals surface area contributed by atoms with Crippen LogP contribution in [0.1, 0.15) is 19.3 Å². The Balaban J connectivity index is 1.89. The lowest BCUT2D eigenvalue weighted by atomic mass is 10.0. The topological polar surface area (TPSA) is 52.7 Å². The number of urea groups is 1. The number of hydrogen-bond donors (Lipinski definition) is 1. The Kier molecular flexibility index (Phi) is 2.90. The van der Waals surface area contributed by atoms with Crippen LogP contribution in [-0.2, 0) is 4.79 Å². The number of nitrogens with zero attached hydrogens (tertiary/aromatic N) is 2. The molecule has 84 valence electrons. The molecule has 1 unspecified atom stereocenters. The molecule has 15 heavy (non-hydrogen) atoms. The monoisotopic (exact) mass is 211 g/mol. The fourth-order valence-corrected chi connectivity index (χ4v) is 2.14. The highest BCUT2D eigenvalue weighted by Gasteiger charge is 2.34. The van der Waals surface area contributed by atoms with Crippen molar-refractivity contribution < 1.29 is 9.59 Å². The van der Waals surface area contributed by atoms with Gasteiger partial charge in [0.05, 0.1) is 0 Å². The lowest BCUT2D eigenvalue weighted by Gasteiger charge is -2.27. The molecule has 3 amide bonds. The molecule has 0 aliphatic carbocycles. The average Bonchev–Trinajstić information content (AvgIpc) is 2.48. The largest absolute Gasteiger partial charge is 0.327 e. The van der Waals surface area contributed by atoms with Gasteiger partial charge in [-0.25, -0.2) is 4.79 Å². The number of piperidine rings is 1. The minimum atomic E-state index is -0.160. The predicted octanol–water partition coefficient (Wildman–Crippen LogP) is 0.0225. The highest BCUT2D eigenvalue weighted by Crippen LogP contribution is 2.13. The van der Waals surface area contributed by atoms with Gasteiger partial charge < -0.3 is 10.2 Å². The van der Waals surface area contributed by atoms with E-state index in [2.05, 4.69) is 5.32 Å². The van der Waals surface area contributed by atoms with Crippen LogP contribution in [0.4, 0.5) is 4.79 Å². The molecular formula is C10H17N3O2. The summed E-state index contributed by atoms with van der Waals surface area (Å²) >= 11 is 0. The maximum absolute atomic E-state index is 11.6. The third kappa shape index (κ3) is 2.12. The van der Waals surface area contributed by atoms with Crippen molar-refractivity contribution in [2.24, 2.45) is 0 Å². The lowest BCUT2D eigenvalue weighted by Crippen LogP contribution is -2.44. The molecule has 0 radical (unpaired) electrons. The van der Waals surface area contributed by atoms with E-state index in [0.29, 0.717) is 12.6 Å². The molecule has 2 saturated heterocycles. The van der Waals surface area contributed by atoms with Crippen LogP contribution in [0.3, 0.4) is 0 Å². The molecule has 0 bridgehead atoms. The molecule has 0 spiro atoms. The minimum absolute atomic E-state index is 0.101. The van der Waals surface area contributed by atoms with Gasteiger partial charge in [-0.05, 0) is 19.4 Å². The Labute approximate surface area is 89.4 Å². The first-order valence-corrected chi connectivity index (χ1v) is 5.47. The Hall–Kier alpha value is -1.10. The van der Waals surface area contributed by atoms with E-state index in [0.717, 1.165) is 13.0 Å². The second-order valence-corrected chi connectivity index (χ2v) is 4.26. The zero-order chi connectivity index (χ0) is 10.8. The number of carbonyl (C=O) groups is 2. The number of amides is 3. The van der Waals surface area contributed by atoms with Crippen molar-refractivity contribution in [1.82, 2.24) is 15.1 Å². The summed E-state index contributed by atoms with van der Waals surface area (Å²) in [5.74, 6) is -0.101. The summed E-state index contributed by atoms with van der Waals surface area (Å²) in [5.41, 5.74) is 0. The first-order chi connectivity index (χ1) is 7.18. The van der Waals surface area contributed by atoms with Gasteiger partial charge in [-0.15, -0.1) is 0 Å². The summed E-state index contributed by atoms with van der Waals surface area (Å²) < 4.78 is 0. The van der Waals surface area contributed by atoms with Crippen molar-refractivity contribution in [2.45, 2.75) is 25.3 Å². The molecule has 5 nitrogen and oxygen atoms in total. The van der Waals surface area contributed by atoms with E-state index in [-0.39, 0.29) is 18.5 Å². The number of imide groups is 1. The first kappa shape index (κ1) is 10.4. The van der Waals surface area contributed by atoms with Crippen molar-refractivity contribution in [3.8, 4) is 0 Å². The van der Waals surface area contributed by atoms with Gasteiger partial charge in [-0.2, -0.15) is 0 Å². The van der Waals surface area contributed by atoms with E-state index in [1.54, 1.807) is 11.9 Å². The Bertz CT molecular complexity index is 274. The third-order valence-electron chi connectivity index (χ3n) is 3.11. The summed E-state index contributed by atoms with van der Waals surface area (Å²) in [6, 6.07) is 0.203. The Morgan fingerprint density at radius 1 is 1.40 bits per heavy atom. The molecule has 5 heteroatoms. The fourth-order valence-electron chi connectivity index (χ4n) is 2.14. The van der Waals surface area contributed by atoms with E-state index in [1.165, 1.54) is 17.7 Å². The predicted molar refractivity (Wildman–Crippen MR) is 55.4 cm³/mol. The normalized spacial score (nSPS) is 27.7. The third-order valence-corrected chi connectivity index (χ3v) is 3.11. The number of likely N-dealkylation sites (N-methyl/N-ethyl adjacent to an activating group) is 1. The summed E-state index contributed by atoms with van der Waals surface area (Å²) in [4.78, 5) is 25.7. The average molecular weight is 211 g/mol. The summed E-state index contributed by atoms with van der Waals surface area (Å²) in [6.45, 7) is 1.93. The van der Waals surface area contributed by atoms with Gasteiger partial charge in [0.15, 0.2) is 0 Å². The smallest absolute Gasteiger partial charge is 0.313 e. The van der Waals surface area contributed by atoms with E-state index in [4.69, 9.17) is 0 Å². The summed E-state index contributed by atoms with van der Waals surface area (Å²) in [6.07, 6.45) is 3.52. The highest BCUT2D eigenvalue weighted by molar-refractivity contribution is 6.01. The molecule has 2 aliphatic heterocycles. The SMILES string of the molecule is CN1C(=O)CN(CC2CCCCN2)C1=O. The van der Waals surface area contributed by atoms with Crippen molar-refractivity contribution in [3.63, 3.8) is 0 Å². The van der Waals surface area contributed by atoms with Gasteiger partial charge in [0.2, 0.25) is 5.91 Å². The molecule has 0 saturated carbocycles. The molecule has 0 aromatic heterocycles. The fraction of sp³-hybridized carbons (Fsp3) is 0.800. The molecule has 2 rings (SSSR count). The molecule has 0 aromatic carbocycles. The Morgan fingerprint density at radius 2 is 2.20 bits per heavy atom. The van der Waals surface area contributed by atoms with Crippen LogP contribution in [0, 0.1) is 0 Å². The molecule has 2 aliphatic rings. The summed E-state index contributed by atoms with van der Waals surface area (Å²) in [5, 5.41) is 3.37. The number of rotatable bonds is 2. The molecular weight excluding hydrogens is 194 g/mol. The minimum Gasteiger partial charge on any atom is -0.313 e. The van der Waals surface area contributed by atoms with Crippen LogP contribution >= 0.6 is 0 Å². The number of nitrogens with one attached hydrogen (secondary N) is 1. The Morgan fingerprint density at radius 3 is 2.73 bits per heavy atom. The first-order valence-electron chi connectivity index (χ1n) is 5.47. The van der Waals surface area contributed by atoms with E-state index in [1.807, 2.05) is 0 Å². The van der Waals surface area contributed by atoms with Crippen molar-refractivity contribution in [1.29, 1.82) is 0 Å². The summed E-state index contributed by atoms with van der Waals surface area (Å²) in [7, 11) is 1.54. The quantitative estimate of drug-likeness (QED) is 0.655. The van der Waals surface area contributed by atoms with Crippen molar-refractivity contribution >= 4 is 11.9 Å². The van der Waals surface area contributed by atoms with Crippen LogP contribution in [0.2, 0.25) is 0 Å². The van der Waals surface area contributed by atoms with E-state index in [9.17, 15) is 9.59 Å². The molecule has 1 atom stereocenters. The van der Waals surface area contributed by atoms with Crippen molar-refractivity contribution in [2.75, 3.05) is 26.7 Å². The van der Waals surface area contributed by atoms with Crippen LogP contribution < -0.4 is 5.32 Å². The second-order valence-electron chi connectivity index (χ2n) is 4.26. The lowest BCUT2D eigenvalue weighted by molar-refractivity contribution is -0.124. The van der Waals surface area contributed by atoms with E-state index < -0.39 is 0 Å². The maximum Gasteiger partial charge on any atom is 0.327 e. The second kappa shape index (κ2) is 4.18. The van der Waals surface area contributed by atoms with Crippen LogP contribution in [0.15, 0.2) is 0 Å². The van der Waals surface area contributed by atoms with Gasteiger partial charge in [-0.3, -0.25) is 9.69 Å². The van der Waals surface area contributed by atoms with Crippen LogP contribution in [-0.4, -0.2) is 54.5 Å². The van der Waals surface area contributed by atoms with Gasteiger partial charge in [0, 0.05) is 19.6 Å². The van der Waals surface area contributed by atoms with Gasteiger partial charge in [0.1, 0.15) is 6.54 Å². The highest BCUT2D eigenvalue weighted by atomic mass is 16.2. The zero-order valence-electron chi connectivity index (χ0n) is 9.03. The van der Waals surface area contributed by atoms with Gasteiger partial charge >= 0.3 is 6.03 Å². The molecule has 0 aromatic rings.